The molecule has 1 fully saturated rings. The molecule has 0 aliphatic carbocycles. The molecular weight excluding hydrogens is 308 g/mol. The molecule has 3 rings (SSSR count). The Kier molecular flexibility index (Phi) is 3.63. The van der Waals surface area contributed by atoms with Crippen LogP contribution in [0.1, 0.15) is 18.2 Å². The molecule has 2 N–H and O–H groups in total. The van der Waals surface area contributed by atoms with E-state index in [-0.39, 0.29) is 6.04 Å². The van der Waals surface area contributed by atoms with Crippen molar-refractivity contribution in [3.05, 3.63) is 41.0 Å². The maximum atomic E-state index is 6.33. The van der Waals surface area contributed by atoms with E-state index in [4.69, 9.17) is 10.5 Å². The van der Waals surface area contributed by atoms with Crippen molar-refractivity contribution >= 4 is 15.9 Å². The van der Waals surface area contributed by atoms with Crippen LogP contribution >= 0.6 is 15.9 Å². The Morgan fingerprint density at radius 1 is 1.42 bits per heavy atom. The van der Waals surface area contributed by atoms with E-state index in [1.54, 1.807) is 12.5 Å². The summed E-state index contributed by atoms with van der Waals surface area (Å²) >= 11 is 3.38. The topological polar surface area (TPSA) is 66.0 Å². The molecule has 1 aliphatic rings. The number of ether oxygens (including phenoxy) is 1. The van der Waals surface area contributed by atoms with E-state index >= 15 is 0 Å². The molecule has 0 spiro atoms. The second kappa shape index (κ2) is 5.40. The van der Waals surface area contributed by atoms with Crippen molar-refractivity contribution < 1.29 is 4.74 Å². The fourth-order valence-electron chi connectivity index (χ4n) is 2.33. The van der Waals surface area contributed by atoms with E-state index in [1.807, 2.05) is 22.9 Å². The van der Waals surface area contributed by atoms with E-state index in [2.05, 4.69) is 25.9 Å². The van der Waals surface area contributed by atoms with Crippen LogP contribution in [0.5, 0.6) is 0 Å². The number of halogens is 1. The second-order valence-corrected chi connectivity index (χ2v) is 5.59. The van der Waals surface area contributed by atoms with Gasteiger partial charge in [0.25, 0.3) is 0 Å². The lowest BCUT2D eigenvalue weighted by Gasteiger charge is -2.19. The van der Waals surface area contributed by atoms with Gasteiger partial charge in [0.15, 0.2) is 0 Å². The number of imidazole rings is 1. The van der Waals surface area contributed by atoms with E-state index in [0.29, 0.717) is 5.92 Å². The summed E-state index contributed by atoms with van der Waals surface area (Å²) in [5, 5.41) is 0. The molecule has 1 saturated heterocycles. The van der Waals surface area contributed by atoms with Crippen molar-refractivity contribution in [2.75, 3.05) is 13.2 Å². The first-order chi connectivity index (χ1) is 9.25. The highest BCUT2D eigenvalue weighted by Gasteiger charge is 2.26. The summed E-state index contributed by atoms with van der Waals surface area (Å²) in [5.41, 5.74) is 7.31. The molecule has 3 heterocycles. The minimum absolute atomic E-state index is 0.0737. The maximum absolute atomic E-state index is 6.33. The molecule has 6 heteroatoms. The third-order valence-corrected chi connectivity index (χ3v) is 3.91. The molecule has 1 aliphatic heterocycles. The van der Waals surface area contributed by atoms with Crippen LogP contribution in [-0.2, 0) is 4.74 Å². The zero-order valence-corrected chi connectivity index (χ0v) is 12.0. The zero-order valence-electron chi connectivity index (χ0n) is 10.4. The predicted octanol–water partition coefficient (Wildman–Crippen LogP) is 2.07. The molecule has 2 unspecified atom stereocenters. The number of rotatable bonds is 3. The molecule has 0 radical (unpaired) electrons. The Morgan fingerprint density at radius 3 is 3.00 bits per heavy atom. The van der Waals surface area contributed by atoms with Gasteiger partial charge in [-0.3, -0.25) is 4.57 Å². The first-order valence-corrected chi connectivity index (χ1v) is 7.02. The van der Waals surface area contributed by atoms with Crippen molar-refractivity contribution in [2.24, 2.45) is 11.7 Å². The molecular formula is C13H15BrN4O. The summed E-state index contributed by atoms with van der Waals surface area (Å²) in [6.07, 6.45) is 6.33. The summed E-state index contributed by atoms with van der Waals surface area (Å²) < 4.78 is 8.30. The van der Waals surface area contributed by atoms with E-state index in [9.17, 15) is 0 Å². The minimum atomic E-state index is -0.0737. The van der Waals surface area contributed by atoms with Crippen LogP contribution in [0, 0.1) is 5.92 Å². The standard InChI is InChI=1S/C13H15BrN4O/c14-10-1-2-12(17-5-10)18-8-16-6-11(18)13(15)9-3-4-19-7-9/h1-2,5-6,8-9,13H,3-4,7,15H2. The second-order valence-electron chi connectivity index (χ2n) is 4.67. The molecule has 2 aromatic heterocycles. The zero-order chi connectivity index (χ0) is 13.2. The Bertz CT molecular complexity index is 548. The summed E-state index contributed by atoms with van der Waals surface area (Å²) in [6.45, 7) is 1.52. The highest BCUT2D eigenvalue weighted by atomic mass is 79.9. The van der Waals surface area contributed by atoms with Gasteiger partial charge in [-0.2, -0.15) is 0 Å². The molecule has 0 amide bonds. The Labute approximate surface area is 119 Å². The Balaban J connectivity index is 1.91. The number of hydrogen-bond acceptors (Lipinski definition) is 4. The molecule has 2 aromatic rings. The summed E-state index contributed by atoms with van der Waals surface area (Å²) in [7, 11) is 0. The smallest absolute Gasteiger partial charge is 0.138 e. The van der Waals surface area contributed by atoms with Gasteiger partial charge < -0.3 is 10.5 Å². The fourth-order valence-corrected chi connectivity index (χ4v) is 2.57. The van der Waals surface area contributed by atoms with Crippen LogP contribution in [0.3, 0.4) is 0 Å². The van der Waals surface area contributed by atoms with Gasteiger partial charge >= 0.3 is 0 Å². The normalized spacial score (nSPS) is 20.6. The van der Waals surface area contributed by atoms with Gasteiger partial charge in [0.2, 0.25) is 0 Å². The van der Waals surface area contributed by atoms with Crippen LogP contribution in [0.2, 0.25) is 0 Å². The highest BCUT2D eigenvalue weighted by molar-refractivity contribution is 9.10. The molecule has 100 valence electrons. The largest absolute Gasteiger partial charge is 0.381 e. The number of hydrogen-bond donors (Lipinski definition) is 1. The van der Waals surface area contributed by atoms with Crippen molar-refractivity contribution in [3.63, 3.8) is 0 Å². The van der Waals surface area contributed by atoms with Crippen LogP contribution in [0.4, 0.5) is 0 Å². The summed E-state index contributed by atoms with van der Waals surface area (Å²) in [4.78, 5) is 8.58. The molecule has 19 heavy (non-hydrogen) atoms. The van der Waals surface area contributed by atoms with E-state index < -0.39 is 0 Å². The van der Waals surface area contributed by atoms with Gasteiger partial charge in [0.05, 0.1) is 24.5 Å². The molecule has 5 nitrogen and oxygen atoms in total. The summed E-state index contributed by atoms with van der Waals surface area (Å²) in [6, 6.07) is 3.82. The third kappa shape index (κ3) is 2.56. The summed E-state index contributed by atoms with van der Waals surface area (Å²) in [5.74, 6) is 1.18. The van der Waals surface area contributed by atoms with Crippen molar-refractivity contribution in [1.82, 2.24) is 14.5 Å². The number of pyridine rings is 1. The average molecular weight is 323 g/mol. The molecule has 0 aromatic carbocycles. The number of nitrogens with zero attached hydrogens (tertiary/aromatic N) is 3. The highest BCUT2D eigenvalue weighted by Crippen LogP contribution is 2.27. The van der Waals surface area contributed by atoms with Crippen LogP contribution in [0.15, 0.2) is 35.3 Å². The third-order valence-electron chi connectivity index (χ3n) is 3.44. The van der Waals surface area contributed by atoms with Crippen molar-refractivity contribution in [3.8, 4) is 5.82 Å². The minimum Gasteiger partial charge on any atom is -0.381 e. The average Bonchev–Trinajstić information content (AvgIpc) is 3.10. The van der Waals surface area contributed by atoms with Gasteiger partial charge in [-0.05, 0) is 34.5 Å². The van der Waals surface area contributed by atoms with Gasteiger partial charge in [-0.1, -0.05) is 0 Å². The SMILES string of the molecule is NC(c1cncn1-c1ccc(Br)cn1)C1CCOC1. The van der Waals surface area contributed by atoms with Crippen LogP contribution < -0.4 is 5.73 Å². The van der Waals surface area contributed by atoms with Crippen LogP contribution in [-0.4, -0.2) is 27.7 Å². The predicted molar refractivity (Wildman–Crippen MR) is 74.9 cm³/mol. The maximum Gasteiger partial charge on any atom is 0.138 e. The molecule has 0 saturated carbocycles. The van der Waals surface area contributed by atoms with E-state index in [1.165, 1.54) is 0 Å². The van der Waals surface area contributed by atoms with Gasteiger partial charge in [-0.15, -0.1) is 0 Å². The van der Waals surface area contributed by atoms with Gasteiger partial charge in [0.1, 0.15) is 12.1 Å². The quantitative estimate of drug-likeness (QED) is 0.939. The number of nitrogens with two attached hydrogens (primary N) is 1. The fraction of sp³-hybridized carbons (Fsp3) is 0.385. The van der Waals surface area contributed by atoms with Crippen LogP contribution in [0.25, 0.3) is 5.82 Å². The van der Waals surface area contributed by atoms with Crippen molar-refractivity contribution in [2.45, 2.75) is 12.5 Å². The van der Waals surface area contributed by atoms with Gasteiger partial charge in [0, 0.05) is 23.2 Å². The Hall–Kier alpha value is -1.24. The molecule has 0 bridgehead atoms. The first kappa shape index (κ1) is 12.8. The lowest BCUT2D eigenvalue weighted by atomic mass is 9.97. The molecule has 2 atom stereocenters. The monoisotopic (exact) mass is 322 g/mol. The van der Waals surface area contributed by atoms with Crippen molar-refractivity contribution in [1.29, 1.82) is 0 Å². The lowest BCUT2D eigenvalue weighted by Crippen LogP contribution is -2.24. The number of aromatic nitrogens is 3. The van der Waals surface area contributed by atoms with E-state index in [0.717, 1.165) is 35.6 Å². The first-order valence-electron chi connectivity index (χ1n) is 6.23. The lowest BCUT2D eigenvalue weighted by molar-refractivity contribution is 0.180. The van der Waals surface area contributed by atoms with Gasteiger partial charge in [-0.25, -0.2) is 9.97 Å². The Morgan fingerprint density at radius 2 is 2.32 bits per heavy atom.